The van der Waals surface area contributed by atoms with Crippen LogP contribution in [0.1, 0.15) is 6.42 Å². The first-order valence-corrected chi connectivity index (χ1v) is 7.46. The minimum absolute atomic E-state index is 0.233. The van der Waals surface area contributed by atoms with Gasteiger partial charge in [0.1, 0.15) is 16.5 Å². The smallest absolute Gasteiger partial charge is 0.245 e. The number of nitrogen functional groups attached to an aromatic ring is 1. The standard InChI is InChI=1S/C12H19F2N3O2S/c1-16(2)5-4-6-17(3)20(18,19)12-8-11(15)9(13)7-10(12)14/h7-8H,4-6,15H2,1-3H3. The highest BCUT2D eigenvalue weighted by atomic mass is 32.2. The third kappa shape index (κ3) is 3.87. The molecule has 0 amide bonds. The van der Waals surface area contributed by atoms with Gasteiger partial charge in [-0.3, -0.25) is 0 Å². The van der Waals surface area contributed by atoms with Crippen LogP contribution in [0.5, 0.6) is 0 Å². The second-order valence-corrected chi connectivity index (χ2v) is 6.80. The topological polar surface area (TPSA) is 66.6 Å². The number of sulfonamides is 1. The highest BCUT2D eigenvalue weighted by Gasteiger charge is 2.25. The Morgan fingerprint density at radius 2 is 1.70 bits per heavy atom. The molecule has 0 aromatic heterocycles. The Balaban J connectivity index is 2.96. The molecule has 0 fully saturated rings. The van der Waals surface area contributed by atoms with Crippen LogP contribution in [0, 0.1) is 11.6 Å². The number of nitrogens with two attached hydrogens (primary N) is 1. The molecule has 8 heteroatoms. The number of benzene rings is 1. The van der Waals surface area contributed by atoms with E-state index in [2.05, 4.69) is 0 Å². The maximum absolute atomic E-state index is 13.6. The molecule has 0 saturated carbocycles. The minimum Gasteiger partial charge on any atom is -0.396 e. The van der Waals surface area contributed by atoms with Crippen molar-refractivity contribution in [2.24, 2.45) is 0 Å². The van der Waals surface area contributed by atoms with E-state index in [4.69, 9.17) is 5.73 Å². The average molecular weight is 307 g/mol. The minimum atomic E-state index is -4.01. The van der Waals surface area contributed by atoms with Crippen molar-refractivity contribution in [3.8, 4) is 0 Å². The predicted octanol–water partition coefficient (Wildman–Crippen LogP) is 1.12. The van der Waals surface area contributed by atoms with Crippen LogP contribution < -0.4 is 5.73 Å². The van der Waals surface area contributed by atoms with Gasteiger partial charge in [-0.15, -0.1) is 0 Å². The fourth-order valence-corrected chi connectivity index (χ4v) is 2.93. The van der Waals surface area contributed by atoms with E-state index in [1.165, 1.54) is 7.05 Å². The van der Waals surface area contributed by atoms with E-state index >= 15 is 0 Å². The summed E-state index contributed by atoms with van der Waals surface area (Å²) in [6.45, 7) is 0.936. The average Bonchev–Trinajstić information content (AvgIpc) is 2.32. The third-order valence-electron chi connectivity index (χ3n) is 2.82. The Bertz CT molecular complexity index is 576. The van der Waals surface area contributed by atoms with E-state index < -0.39 is 32.2 Å². The first kappa shape index (κ1) is 16.8. The predicted molar refractivity (Wildman–Crippen MR) is 73.8 cm³/mol. The van der Waals surface area contributed by atoms with Gasteiger partial charge in [0.25, 0.3) is 0 Å². The lowest BCUT2D eigenvalue weighted by Crippen LogP contribution is -2.30. The largest absolute Gasteiger partial charge is 0.396 e. The Hall–Kier alpha value is -1.25. The summed E-state index contributed by atoms with van der Waals surface area (Å²) in [5.74, 6) is -2.12. The molecule has 1 rings (SSSR count). The summed E-state index contributed by atoms with van der Waals surface area (Å²) in [6.07, 6.45) is 0.598. The molecule has 5 nitrogen and oxygen atoms in total. The molecule has 0 heterocycles. The molecule has 0 radical (unpaired) electrons. The molecule has 0 bridgehead atoms. The molecule has 0 aliphatic carbocycles. The summed E-state index contributed by atoms with van der Waals surface area (Å²) in [5.41, 5.74) is 4.90. The third-order valence-corrected chi connectivity index (χ3v) is 4.69. The Kier molecular flexibility index (Phi) is 5.43. The second-order valence-electron chi connectivity index (χ2n) is 4.79. The van der Waals surface area contributed by atoms with E-state index in [0.717, 1.165) is 10.4 Å². The van der Waals surface area contributed by atoms with Crippen LogP contribution >= 0.6 is 0 Å². The number of rotatable bonds is 6. The van der Waals surface area contributed by atoms with Gasteiger partial charge >= 0.3 is 0 Å². The molecule has 0 spiro atoms. The van der Waals surface area contributed by atoms with Crippen LogP contribution in [0.15, 0.2) is 17.0 Å². The highest BCUT2D eigenvalue weighted by molar-refractivity contribution is 7.89. The van der Waals surface area contributed by atoms with Crippen molar-refractivity contribution in [2.75, 3.05) is 40.0 Å². The molecule has 0 unspecified atom stereocenters. The molecule has 1 aromatic carbocycles. The number of halogens is 2. The summed E-state index contributed by atoms with van der Waals surface area (Å²) in [6, 6.07) is 1.29. The summed E-state index contributed by atoms with van der Waals surface area (Å²) >= 11 is 0. The first-order chi connectivity index (χ1) is 9.16. The van der Waals surface area contributed by atoms with Crippen molar-refractivity contribution in [3.05, 3.63) is 23.8 Å². The van der Waals surface area contributed by atoms with E-state index in [1.807, 2.05) is 19.0 Å². The lowest BCUT2D eigenvalue weighted by molar-refractivity contribution is 0.369. The molecule has 0 aliphatic rings. The van der Waals surface area contributed by atoms with Crippen LogP contribution in [0.3, 0.4) is 0 Å². The van der Waals surface area contributed by atoms with Crippen LogP contribution in [0.2, 0.25) is 0 Å². The van der Waals surface area contributed by atoms with Gasteiger partial charge in [0.15, 0.2) is 0 Å². The van der Waals surface area contributed by atoms with Crippen molar-refractivity contribution < 1.29 is 17.2 Å². The fourth-order valence-electron chi connectivity index (χ4n) is 1.64. The monoisotopic (exact) mass is 307 g/mol. The lowest BCUT2D eigenvalue weighted by Gasteiger charge is -2.19. The van der Waals surface area contributed by atoms with Gasteiger partial charge in [0, 0.05) is 19.7 Å². The molecule has 2 N–H and O–H groups in total. The first-order valence-electron chi connectivity index (χ1n) is 6.02. The summed E-state index contributed by atoms with van der Waals surface area (Å²) < 4.78 is 52.1. The van der Waals surface area contributed by atoms with Crippen LogP contribution in [0.4, 0.5) is 14.5 Å². The van der Waals surface area contributed by atoms with E-state index in [-0.39, 0.29) is 6.54 Å². The molecule has 0 atom stereocenters. The van der Waals surface area contributed by atoms with Gasteiger partial charge in [-0.25, -0.2) is 21.5 Å². The van der Waals surface area contributed by atoms with Crippen molar-refractivity contribution in [1.29, 1.82) is 0 Å². The summed E-state index contributed by atoms with van der Waals surface area (Å²) in [4.78, 5) is 1.31. The molecule has 0 saturated heterocycles. The van der Waals surface area contributed by atoms with E-state index in [0.29, 0.717) is 19.0 Å². The second kappa shape index (κ2) is 6.47. The Morgan fingerprint density at radius 1 is 1.10 bits per heavy atom. The number of hydrogen-bond acceptors (Lipinski definition) is 4. The van der Waals surface area contributed by atoms with E-state index in [1.54, 1.807) is 0 Å². The number of hydrogen-bond donors (Lipinski definition) is 1. The molecular weight excluding hydrogens is 288 g/mol. The van der Waals surface area contributed by atoms with Gasteiger partial charge in [-0.2, -0.15) is 0 Å². The number of nitrogens with zero attached hydrogens (tertiary/aromatic N) is 2. The molecule has 1 aromatic rings. The molecule has 20 heavy (non-hydrogen) atoms. The summed E-state index contributed by atoms with van der Waals surface area (Å²) in [7, 11) is 1.08. The maximum Gasteiger partial charge on any atom is 0.245 e. The van der Waals surface area contributed by atoms with Crippen LogP contribution in [0.25, 0.3) is 0 Å². The highest BCUT2D eigenvalue weighted by Crippen LogP contribution is 2.23. The SMILES string of the molecule is CN(C)CCCN(C)S(=O)(=O)c1cc(N)c(F)cc1F. The molecule has 0 aliphatic heterocycles. The molecular formula is C12H19F2N3O2S. The van der Waals surface area contributed by atoms with Crippen molar-refractivity contribution >= 4 is 15.7 Å². The quantitative estimate of drug-likeness (QED) is 0.800. The van der Waals surface area contributed by atoms with Gasteiger partial charge in [-0.05, 0) is 33.1 Å². The van der Waals surface area contributed by atoms with Crippen molar-refractivity contribution in [2.45, 2.75) is 11.3 Å². The molecule has 114 valence electrons. The fraction of sp³-hybridized carbons (Fsp3) is 0.500. The number of anilines is 1. The zero-order valence-corrected chi connectivity index (χ0v) is 12.5. The van der Waals surface area contributed by atoms with Gasteiger partial charge in [0.05, 0.1) is 5.69 Å². The van der Waals surface area contributed by atoms with Crippen LogP contribution in [-0.2, 0) is 10.0 Å². The van der Waals surface area contributed by atoms with Gasteiger partial charge < -0.3 is 10.6 Å². The Labute approximate surface area is 118 Å². The van der Waals surface area contributed by atoms with Crippen molar-refractivity contribution in [1.82, 2.24) is 9.21 Å². The Morgan fingerprint density at radius 3 is 2.25 bits per heavy atom. The van der Waals surface area contributed by atoms with Crippen LogP contribution in [-0.4, -0.2) is 51.9 Å². The zero-order valence-electron chi connectivity index (χ0n) is 11.7. The zero-order chi connectivity index (χ0) is 15.5. The van der Waals surface area contributed by atoms with Crippen molar-refractivity contribution in [3.63, 3.8) is 0 Å². The normalized spacial score (nSPS) is 12.3. The van der Waals surface area contributed by atoms with Gasteiger partial charge in [-0.1, -0.05) is 0 Å². The summed E-state index contributed by atoms with van der Waals surface area (Å²) in [5, 5.41) is 0. The van der Waals surface area contributed by atoms with E-state index in [9.17, 15) is 17.2 Å². The van der Waals surface area contributed by atoms with Gasteiger partial charge in [0.2, 0.25) is 10.0 Å². The lowest BCUT2D eigenvalue weighted by atomic mass is 10.3. The maximum atomic E-state index is 13.6.